The number of rotatable bonds is 5. The zero-order chi connectivity index (χ0) is 23.1. The Morgan fingerprint density at radius 2 is 1.94 bits per heavy atom. The zero-order valence-electron chi connectivity index (χ0n) is 18.2. The first-order valence-corrected chi connectivity index (χ1v) is 11.0. The van der Waals surface area contributed by atoms with Gasteiger partial charge < -0.3 is 19.2 Å². The summed E-state index contributed by atoms with van der Waals surface area (Å²) in [6.45, 7) is 1.93. The van der Waals surface area contributed by atoms with E-state index in [0.717, 1.165) is 39.5 Å². The van der Waals surface area contributed by atoms with Crippen LogP contribution in [0.3, 0.4) is 0 Å². The summed E-state index contributed by atoms with van der Waals surface area (Å²) >= 11 is 3.26. The number of para-hydroxylation sites is 1. The Labute approximate surface area is 198 Å². The van der Waals surface area contributed by atoms with Crippen molar-refractivity contribution in [1.82, 2.24) is 24.1 Å². The minimum atomic E-state index is -0.311. The van der Waals surface area contributed by atoms with Crippen molar-refractivity contribution in [2.45, 2.75) is 6.92 Å². The molecular weight excluding hydrogens is 487 g/mol. The summed E-state index contributed by atoms with van der Waals surface area (Å²) in [6, 6.07) is 14.6. The van der Waals surface area contributed by atoms with Gasteiger partial charge in [-0.15, -0.1) is 0 Å². The maximum absolute atomic E-state index is 13.7. The molecule has 0 atom stereocenters. The lowest BCUT2D eigenvalue weighted by molar-refractivity contribution is 0.396. The first kappa shape index (κ1) is 21.1. The number of benzene rings is 2. The van der Waals surface area contributed by atoms with Crippen LogP contribution in [0.25, 0.3) is 28.1 Å². The number of nitrogens with zero attached hydrogens (tertiary/aromatic N) is 5. The molecule has 7 nitrogen and oxygen atoms in total. The van der Waals surface area contributed by atoms with Gasteiger partial charge in [0.25, 0.3) is 0 Å². The number of aryl methyl sites for hydroxylation is 2. The summed E-state index contributed by atoms with van der Waals surface area (Å²) in [5.41, 5.74) is 5.04. The van der Waals surface area contributed by atoms with Crippen LogP contribution in [0.5, 0.6) is 5.88 Å². The summed E-state index contributed by atoms with van der Waals surface area (Å²) in [5, 5.41) is 3.36. The molecule has 0 spiro atoms. The Morgan fingerprint density at radius 3 is 2.67 bits per heavy atom. The molecule has 0 saturated heterocycles. The van der Waals surface area contributed by atoms with E-state index in [1.165, 1.54) is 6.07 Å². The molecule has 0 amide bonds. The number of halogens is 2. The van der Waals surface area contributed by atoms with Crippen LogP contribution in [0.2, 0.25) is 0 Å². The monoisotopic (exact) mass is 506 g/mol. The predicted octanol–water partition coefficient (Wildman–Crippen LogP) is 5.78. The number of ether oxygens (including phenoxy) is 1. The van der Waals surface area contributed by atoms with Crippen molar-refractivity contribution in [3.8, 4) is 23.0 Å². The van der Waals surface area contributed by atoms with E-state index in [-0.39, 0.29) is 5.82 Å². The maximum atomic E-state index is 13.7. The molecule has 0 bridgehead atoms. The highest BCUT2D eigenvalue weighted by molar-refractivity contribution is 9.10. The van der Waals surface area contributed by atoms with E-state index in [2.05, 4.69) is 31.2 Å². The summed E-state index contributed by atoms with van der Waals surface area (Å²) in [7, 11) is 3.53. The largest absolute Gasteiger partial charge is 0.479 e. The zero-order valence-corrected chi connectivity index (χ0v) is 19.8. The van der Waals surface area contributed by atoms with Crippen molar-refractivity contribution in [2.75, 3.05) is 12.4 Å². The number of pyridine rings is 1. The first-order chi connectivity index (χ1) is 15.9. The van der Waals surface area contributed by atoms with Gasteiger partial charge in [-0.25, -0.2) is 14.4 Å². The van der Waals surface area contributed by atoms with Crippen LogP contribution in [0.1, 0.15) is 5.69 Å². The van der Waals surface area contributed by atoms with Crippen LogP contribution in [0.15, 0.2) is 65.5 Å². The summed E-state index contributed by atoms with van der Waals surface area (Å²) in [5.74, 6) is 1.52. The second-order valence-corrected chi connectivity index (χ2v) is 8.42. The third-order valence-electron chi connectivity index (χ3n) is 5.38. The Bertz CT molecular complexity index is 1490. The molecule has 0 saturated carbocycles. The Morgan fingerprint density at radius 1 is 1.09 bits per heavy atom. The molecule has 0 aliphatic carbocycles. The molecule has 3 heterocycles. The Hall–Kier alpha value is -3.72. The molecular formula is C24H20BrFN6O. The van der Waals surface area contributed by atoms with Gasteiger partial charge in [0, 0.05) is 18.8 Å². The molecule has 5 aromatic rings. The Kier molecular flexibility index (Phi) is 5.33. The number of nitrogens with one attached hydrogen (secondary N) is 1. The summed E-state index contributed by atoms with van der Waals surface area (Å²) in [4.78, 5) is 13.7. The van der Waals surface area contributed by atoms with E-state index in [1.807, 2.05) is 59.6 Å². The lowest BCUT2D eigenvalue weighted by atomic mass is 10.2. The van der Waals surface area contributed by atoms with Gasteiger partial charge in [-0.3, -0.25) is 0 Å². The Balaban J connectivity index is 1.54. The van der Waals surface area contributed by atoms with Gasteiger partial charge in [-0.2, -0.15) is 4.98 Å². The van der Waals surface area contributed by atoms with Gasteiger partial charge in [0.05, 0.1) is 34.8 Å². The molecule has 1 N–H and O–H groups in total. The van der Waals surface area contributed by atoms with Gasteiger partial charge in [0.15, 0.2) is 0 Å². The number of hydrogen-bond donors (Lipinski definition) is 1. The highest BCUT2D eigenvalue weighted by Gasteiger charge is 2.15. The molecule has 0 unspecified atom stereocenters. The number of imidazole rings is 2. The van der Waals surface area contributed by atoms with Crippen molar-refractivity contribution in [2.24, 2.45) is 7.05 Å². The average molecular weight is 507 g/mol. The molecule has 0 radical (unpaired) electrons. The fourth-order valence-corrected chi connectivity index (χ4v) is 4.13. The van der Waals surface area contributed by atoms with Crippen LogP contribution in [-0.4, -0.2) is 31.2 Å². The predicted molar refractivity (Wildman–Crippen MR) is 130 cm³/mol. The third kappa shape index (κ3) is 3.84. The number of fused-ring (bicyclic) bond motifs is 1. The lowest BCUT2D eigenvalue weighted by Gasteiger charge is -2.11. The fourth-order valence-electron chi connectivity index (χ4n) is 3.75. The minimum Gasteiger partial charge on any atom is -0.479 e. The maximum Gasteiger partial charge on any atom is 0.240 e. The van der Waals surface area contributed by atoms with Crippen LogP contribution in [0.4, 0.5) is 15.9 Å². The van der Waals surface area contributed by atoms with E-state index in [4.69, 9.17) is 9.72 Å². The highest BCUT2D eigenvalue weighted by atomic mass is 79.9. The molecule has 9 heteroatoms. The molecule has 0 aliphatic heterocycles. The number of hydrogen-bond acceptors (Lipinski definition) is 5. The van der Waals surface area contributed by atoms with Crippen LogP contribution < -0.4 is 10.1 Å². The average Bonchev–Trinajstić information content (AvgIpc) is 3.39. The van der Waals surface area contributed by atoms with E-state index in [1.54, 1.807) is 25.6 Å². The van der Waals surface area contributed by atoms with Crippen LogP contribution in [-0.2, 0) is 7.05 Å². The number of methoxy groups -OCH3 is 1. The van der Waals surface area contributed by atoms with Crippen molar-refractivity contribution in [1.29, 1.82) is 0 Å². The van der Waals surface area contributed by atoms with Gasteiger partial charge in [-0.1, -0.05) is 6.07 Å². The highest BCUT2D eigenvalue weighted by Crippen LogP contribution is 2.32. The summed E-state index contributed by atoms with van der Waals surface area (Å²) in [6.07, 6.45) is 3.64. The second kappa shape index (κ2) is 8.32. The molecule has 33 heavy (non-hydrogen) atoms. The van der Waals surface area contributed by atoms with E-state index in [0.29, 0.717) is 16.2 Å². The smallest absolute Gasteiger partial charge is 0.240 e. The lowest BCUT2D eigenvalue weighted by Crippen LogP contribution is -2.01. The van der Waals surface area contributed by atoms with Crippen molar-refractivity contribution < 1.29 is 9.13 Å². The molecule has 166 valence electrons. The van der Waals surface area contributed by atoms with Crippen LogP contribution in [0, 0.1) is 12.7 Å². The molecule has 0 fully saturated rings. The number of anilines is 2. The van der Waals surface area contributed by atoms with Crippen molar-refractivity contribution in [3.05, 3.63) is 77.0 Å². The molecule has 5 rings (SSSR count). The summed E-state index contributed by atoms with van der Waals surface area (Å²) < 4.78 is 23.5. The minimum absolute atomic E-state index is 0.311. The molecule has 3 aromatic heterocycles. The van der Waals surface area contributed by atoms with E-state index in [9.17, 15) is 4.39 Å². The molecule has 2 aromatic carbocycles. The quantitative estimate of drug-likeness (QED) is 0.327. The van der Waals surface area contributed by atoms with Gasteiger partial charge in [0.1, 0.15) is 28.7 Å². The third-order valence-corrected chi connectivity index (χ3v) is 5.98. The van der Waals surface area contributed by atoms with Crippen LogP contribution >= 0.6 is 15.9 Å². The van der Waals surface area contributed by atoms with E-state index >= 15 is 0 Å². The van der Waals surface area contributed by atoms with Crippen molar-refractivity contribution >= 4 is 38.5 Å². The van der Waals surface area contributed by atoms with Gasteiger partial charge in [-0.05, 0) is 65.3 Å². The van der Waals surface area contributed by atoms with E-state index < -0.39 is 0 Å². The first-order valence-electron chi connectivity index (χ1n) is 10.2. The standard InChI is InChI=1S/C24H20BrFN6O/c1-14-12-32(13-27-14)20-9-10-21(29-24(20)33-3)28-18-5-4-6-19-22(18)30-23(31(19)2)15-7-8-17(26)16(25)11-15/h4-13H,1-3H3,(H,28,29). The SMILES string of the molecule is COc1nc(Nc2cccc3c2nc(-c2ccc(F)c(Br)c2)n3C)ccc1-n1cnc(C)c1. The van der Waals surface area contributed by atoms with Gasteiger partial charge >= 0.3 is 0 Å². The van der Waals surface area contributed by atoms with Crippen molar-refractivity contribution in [3.63, 3.8) is 0 Å². The second-order valence-electron chi connectivity index (χ2n) is 7.57. The molecule has 0 aliphatic rings. The fraction of sp³-hybridized carbons (Fsp3) is 0.125. The van der Waals surface area contributed by atoms with Gasteiger partial charge in [0.2, 0.25) is 5.88 Å². The number of aromatic nitrogens is 5. The topological polar surface area (TPSA) is 69.8 Å². The normalized spacial score (nSPS) is 11.2.